The first kappa shape index (κ1) is 12.5. The maximum absolute atomic E-state index is 4.43. The van der Waals surface area contributed by atoms with Crippen LogP contribution in [0.5, 0.6) is 0 Å². The molecule has 71 valence electrons. The Morgan fingerprint density at radius 2 is 1.40 bits per heavy atom. The zero-order valence-electron chi connectivity index (χ0n) is 8.85. The molecular weight excluding hydrogens is 195 g/mol. The maximum Gasteiger partial charge on any atom is 0.00754 e. The summed E-state index contributed by atoms with van der Waals surface area (Å²) in [4.78, 5) is 1.07. The first-order valence-electron chi connectivity index (χ1n) is 4.67. The van der Waals surface area contributed by atoms with Crippen molar-refractivity contribution in [3.8, 4) is 0 Å². The molecule has 0 saturated carbocycles. The van der Waals surface area contributed by atoms with Gasteiger partial charge in [-0.25, -0.2) is 0 Å². The normalized spacial score (nSPS) is 9.40. The Kier molecular flexibility index (Phi) is 5.05. The van der Waals surface area contributed by atoms with Gasteiger partial charge in [-0.2, -0.15) is 0 Å². The largest absolute Gasteiger partial charge is 0.143 e. The van der Waals surface area contributed by atoms with Crippen LogP contribution in [0.4, 0.5) is 0 Å². The molecule has 0 spiro atoms. The van der Waals surface area contributed by atoms with E-state index in [1.807, 2.05) is 18.2 Å². The zero-order chi connectivity index (χ0) is 9.80. The van der Waals surface area contributed by atoms with Crippen molar-refractivity contribution in [3.63, 3.8) is 0 Å². The van der Waals surface area contributed by atoms with Crippen molar-refractivity contribution in [3.05, 3.63) is 65.7 Å². The van der Waals surface area contributed by atoms with E-state index in [0.29, 0.717) is 0 Å². The van der Waals surface area contributed by atoms with E-state index >= 15 is 0 Å². The van der Waals surface area contributed by atoms with Crippen molar-refractivity contribution in [1.29, 1.82) is 0 Å². The molecule has 2 heteroatoms. The Balaban J connectivity index is 0.00000112. The maximum atomic E-state index is 4.43. The van der Waals surface area contributed by atoms with E-state index in [4.69, 9.17) is 0 Å². The molecule has 2 aromatic carbocycles. The molecule has 0 nitrogen and oxygen atoms in total. The molecule has 0 atom stereocenters. The summed E-state index contributed by atoms with van der Waals surface area (Å²) in [6.45, 7) is 0. The van der Waals surface area contributed by atoms with Gasteiger partial charge < -0.3 is 0 Å². The predicted octanol–water partition coefficient (Wildman–Crippen LogP) is 3.19. The van der Waals surface area contributed by atoms with Crippen LogP contribution in [0.25, 0.3) is 0 Å². The molecule has 0 unspecified atom stereocenters. The molecule has 0 aliphatic carbocycles. The summed E-state index contributed by atoms with van der Waals surface area (Å²) in [6.07, 6.45) is 0.959. The summed E-state index contributed by atoms with van der Waals surface area (Å²) in [6, 6.07) is 18.7. The van der Waals surface area contributed by atoms with E-state index < -0.39 is 0 Å². The van der Waals surface area contributed by atoms with E-state index in [1.165, 1.54) is 11.1 Å². The van der Waals surface area contributed by atoms with Gasteiger partial charge in [0.05, 0.1) is 0 Å². The van der Waals surface area contributed by atoms with Gasteiger partial charge >= 0.3 is 0 Å². The predicted molar refractivity (Wildman–Crippen MR) is 68.7 cm³/mol. The van der Waals surface area contributed by atoms with E-state index in [2.05, 4.69) is 49.0 Å². The topological polar surface area (TPSA) is 0 Å². The van der Waals surface area contributed by atoms with Gasteiger partial charge in [-0.1, -0.05) is 48.5 Å². The SMILES string of the molecule is Sc1ccccc1Cc1ccccc1.[Li]. The molecule has 0 N–H and O–H groups in total. The molecule has 0 aliphatic rings. The fourth-order valence-electron chi connectivity index (χ4n) is 1.48. The minimum atomic E-state index is 0. The molecule has 2 aromatic rings. The van der Waals surface area contributed by atoms with Gasteiger partial charge in [-0.3, -0.25) is 0 Å². The van der Waals surface area contributed by atoms with Crippen LogP contribution in [0.1, 0.15) is 11.1 Å². The summed E-state index contributed by atoms with van der Waals surface area (Å²) in [5.74, 6) is 0. The van der Waals surface area contributed by atoms with Crippen molar-refractivity contribution < 1.29 is 0 Å². The van der Waals surface area contributed by atoms with Crippen LogP contribution >= 0.6 is 12.6 Å². The monoisotopic (exact) mass is 207 g/mol. The Hall–Kier alpha value is -0.613. The fourth-order valence-corrected chi connectivity index (χ4v) is 1.72. The Labute approximate surface area is 108 Å². The third kappa shape index (κ3) is 3.46. The zero-order valence-corrected chi connectivity index (χ0v) is 9.74. The van der Waals surface area contributed by atoms with Gasteiger partial charge in [0.2, 0.25) is 0 Å². The second-order valence-electron chi connectivity index (χ2n) is 3.29. The number of thiol groups is 1. The first-order valence-corrected chi connectivity index (χ1v) is 5.12. The molecule has 15 heavy (non-hydrogen) atoms. The van der Waals surface area contributed by atoms with Crippen LogP contribution in [-0.4, -0.2) is 18.9 Å². The molecule has 0 saturated heterocycles. The van der Waals surface area contributed by atoms with Crippen molar-refractivity contribution >= 4 is 31.5 Å². The number of rotatable bonds is 2. The van der Waals surface area contributed by atoms with Crippen molar-refractivity contribution in [2.24, 2.45) is 0 Å². The van der Waals surface area contributed by atoms with Crippen LogP contribution in [0.15, 0.2) is 59.5 Å². The van der Waals surface area contributed by atoms with Gasteiger partial charge in [0, 0.05) is 23.8 Å². The molecular formula is C13H12LiS. The van der Waals surface area contributed by atoms with Crippen LogP contribution in [0.3, 0.4) is 0 Å². The van der Waals surface area contributed by atoms with Gasteiger partial charge in [-0.15, -0.1) is 12.6 Å². The van der Waals surface area contributed by atoms with Crippen LogP contribution < -0.4 is 0 Å². The second-order valence-corrected chi connectivity index (χ2v) is 3.77. The van der Waals surface area contributed by atoms with Gasteiger partial charge in [-0.05, 0) is 23.6 Å². The van der Waals surface area contributed by atoms with Crippen LogP contribution in [0, 0.1) is 0 Å². The van der Waals surface area contributed by atoms with E-state index in [0.717, 1.165) is 11.3 Å². The van der Waals surface area contributed by atoms with Crippen LogP contribution in [0.2, 0.25) is 0 Å². The summed E-state index contributed by atoms with van der Waals surface area (Å²) in [5, 5.41) is 0. The van der Waals surface area contributed by atoms with E-state index in [1.54, 1.807) is 0 Å². The summed E-state index contributed by atoms with van der Waals surface area (Å²) in [5.41, 5.74) is 2.61. The number of hydrogen-bond donors (Lipinski definition) is 1. The molecule has 0 amide bonds. The number of benzene rings is 2. The third-order valence-corrected chi connectivity index (χ3v) is 2.67. The van der Waals surface area contributed by atoms with Gasteiger partial charge in [0.15, 0.2) is 0 Å². The molecule has 0 bridgehead atoms. The summed E-state index contributed by atoms with van der Waals surface area (Å²) >= 11 is 4.43. The van der Waals surface area contributed by atoms with Crippen LogP contribution in [-0.2, 0) is 6.42 Å². The molecule has 0 fully saturated rings. The van der Waals surface area contributed by atoms with Crippen molar-refractivity contribution in [2.75, 3.05) is 0 Å². The number of hydrogen-bond acceptors (Lipinski definition) is 1. The van der Waals surface area contributed by atoms with E-state index in [9.17, 15) is 0 Å². The minimum absolute atomic E-state index is 0. The second kappa shape index (κ2) is 6.08. The molecule has 0 heterocycles. The Morgan fingerprint density at radius 1 is 0.800 bits per heavy atom. The average molecular weight is 207 g/mol. The Bertz CT molecular complexity index is 412. The first-order chi connectivity index (χ1) is 6.86. The summed E-state index contributed by atoms with van der Waals surface area (Å²) < 4.78 is 0. The smallest absolute Gasteiger partial charge is 0.00754 e. The fraction of sp³-hybridized carbons (Fsp3) is 0.0769. The van der Waals surface area contributed by atoms with Gasteiger partial charge in [0.1, 0.15) is 0 Å². The summed E-state index contributed by atoms with van der Waals surface area (Å²) in [7, 11) is 0. The van der Waals surface area contributed by atoms with Gasteiger partial charge in [0.25, 0.3) is 0 Å². The molecule has 0 aromatic heterocycles. The standard InChI is InChI=1S/C13H12S.Li/c14-13-9-5-4-8-12(13)10-11-6-2-1-3-7-11;/h1-9,14H,10H2;. The van der Waals surface area contributed by atoms with E-state index in [-0.39, 0.29) is 18.9 Å². The third-order valence-electron chi connectivity index (χ3n) is 2.23. The average Bonchev–Trinajstić information content (AvgIpc) is 2.23. The minimum Gasteiger partial charge on any atom is -0.143 e. The molecule has 1 radical (unpaired) electrons. The molecule has 0 aliphatic heterocycles. The van der Waals surface area contributed by atoms with Crippen molar-refractivity contribution in [1.82, 2.24) is 0 Å². The molecule has 2 rings (SSSR count). The van der Waals surface area contributed by atoms with Crippen molar-refractivity contribution in [2.45, 2.75) is 11.3 Å². The quantitative estimate of drug-likeness (QED) is 0.567. The Morgan fingerprint density at radius 3 is 2.07 bits per heavy atom.